The number of hydrogen-bond acceptors (Lipinski definition) is 3. The Kier molecular flexibility index (Phi) is 8.40. The van der Waals surface area contributed by atoms with Gasteiger partial charge < -0.3 is 15.3 Å². The van der Waals surface area contributed by atoms with Crippen molar-refractivity contribution in [3.8, 4) is 0 Å². The lowest BCUT2D eigenvalue weighted by atomic mass is 10.3. The summed E-state index contributed by atoms with van der Waals surface area (Å²) in [6, 6.07) is 0.624. The van der Waals surface area contributed by atoms with E-state index in [0.717, 1.165) is 32.5 Å². The van der Waals surface area contributed by atoms with Crippen molar-refractivity contribution in [1.82, 2.24) is 10.2 Å². The molecule has 0 unspecified atom stereocenters. The van der Waals surface area contributed by atoms with Crippen LogP contribution in [-0.2, 0) is 0 Å². The summed E-state index contributed by atoms with van der Waals surface area (Å²) in [6.45, 7) is 7.87. The first-order chi connectivity index (χ1) is 6.18. The smallest absolute Gasteiger partial charge is 0.0431 e. The second-order valence-corrected chi connectivity index (χ2v) is 3.76. The fourth-order valence-electron chi connectivity index (χ4n) is 1.00. The molecular weight excluding hydrogens is 164 g/mol. The summed E-state index contributed by atoms with van der Waals surface area (Å²) in [4.78, 5) is 2.32. The lowest BCUT2D eigenvalue weighted by molar-refractivity contribution is 0.269. The van der Waals surface area contributed by atoms with Crippen molar-refractivity contribution in [2.45, 2.75) is 32.7 Å². The van der Waals surface area contributed by atoms with Crippen LogP contribution in [0.25, 0.3) is 0 Å². The van der Waals surface area contributed by atoms with E-state index in [1.807, 2.05) is 0 Å². The van der Waals surface area contributed by atoms with Crippen LogP contribution < -0.4 is 5.32 Å². The zero-order chi connectivity index (χ0) is 10.1. The first-order valence-corrected chi connectivity index (χ1v) is 5.20. The van der Waals surface area contributed by atoms with E-state index in [4.69, 9.17) is 5.11 Å². The summed E-state index contributed by atoms with van der Waals surface area (Å²) in [5.74, 6) is 0. The molecule has 0 amide bonds. The number of aliphatic hydroxyl groups is 1. The summed E-state index contributed by atoms with van der Waals surface area (Å²) < 4.78 is 0. The van der Waals surface area contributed by atoms with Crippen LogP contribution in [0.15, 0.2) is 0 Å². The number of likely N-dealkylation sites (N-methyl/N-ethyl adjacent to an activating group) is 1. The van der Waals surface area contributed by atoms with Crippen LogP contribution in [0.2, 0.25) is 0 Å². The highest BCUT2D eigenvalue weighted by Crippen LogP contribution is 1.91. The van der Waals surface area contributed by atoms with E-state index in [2.05, 4.69) is 31.1 Å². The van der Waals surface area contributed by atoms with Gasteiger partial charge in [0.2, 0.25) is 0 Å². The monoisotopic (exact) mass is 188 g/mol. The molecule has 0 saturated carbocycles. The number of rotatable bonds is 8. The van der Waals surface area contributed by atoms with Gasteiger partial charge >= 0.3 is 0 Å². The highest BCUT2D eigenvalue weighted by molar-refractivity contribution is 4.58. The fourth-order valence-corrected chi connectivity index (χ4v) is 1.00. The topological polar surface area (TPSA) is 35.5 Å². The summed E-state index contributed by atoms with van der Waals surface area (Å²) in [7, 11) is 2.14. The van der Waals surface area contributed by atoms with Gasteiger partial charge in [-0.3, -0.25) is 0 Å². The van der Waals surface area contributed by atoms with E-state index in [-0.39, 0.29) is 0 Å². The average Bonchev–Trinajstić information content (AvgIpc) is 2.10. The van der Waals surface area contributed by atoms with Crippen molar-refractivity contribution in [2.24, 2.45) is 0 Å². The summed E-state index contributed by atoms with van der Waals surface area (Å²) in [5.41, 5.74) is 0. The molecule has 0 atom stereocenters. The van der Waals surface area contributed by atoms with Crippen LogP contribution in [-0.4, -0.2) is 49.3 Å². The standard InChI is InChI=1S/C10H24N2O/c1-10(2)12(3)8-7-11-6-4-5-9-13/h10-11,13H,4-9H2,1-3H3. The van der Waals surface area contributed by atoms with Gasteiger partial charge in [-0.05, 0) is 40.3 Å². The number of nitrogens with one attached hydrogen (secondary N) is 1. The summed E-state index contributed by atoms with van der Waals surface area (Å²) >= 11 is 0. The molecule has 80 valence electrons. The Morgan fingerprint density at radius 2 is 1.92 bits per heavy atom. The van der Waals surface area contributed by atoms with Crippen LogP contribution in [0.3, 0.4) is 0 Å². The molecule has 0 aromatic heterocycles. The van der Waals surface area contributed by atoms with E-state index < -0.39 is 0 Å². The molecular formula is C10H24N2O. The van der Waals surface area contributed by atoms with Crippen molar-refractivity contribution in [3.05, 3.63) is 0 Å². The number of hydrogen-bond donors (Lipinski definition) is 2. The molecule has 3 nitrogen and oxygen atoms in total. The highest BCUT2D eigenvalue weighted by atomic mass is 16.2. The lowest BCUT2D eigenvalue weighted by Gasteiger charge is -2.20. The zero-order valence-corrected chi connectivity index (χ0v) is 9.21. The largest absolute Gasteiger partial charge is 0.396 e. The molecule has 0 aliphatic heterocycles. The molecule has 0 heterocycles. The van der Waals surface area contributed by atoms with Crippen molar-refractivity contribution in [1.29, 1.82) is 0 Å². The van der Waals surface area contributed by atoms with Gasteiger partial charge in [-0.15, -0.1) is 0 Å². The van der Waals surface area contributed by atoms with Gasteiger partial charge in [0.1, 0.15) is 0 Å². The zero-order valence-electron chi connectivity index (χ0n) is 9.21. The Bertz CT molecular complexity index is 107. The second-order valence-electron chi connectivity index (χ2n) is 3.76. The van der Waals surface area contributed by atoms with Gasteiger partial charge in [0.15, 0.2) is 0 Å². The molecule has 0 aliphatic carbocycles. The minimum Gasteiger partial charge on any atom is -0.396 e. The van der Waals surface area contributed by atoms with Gasteiger partial charge in [0.05, 0.1) is 0 Å². The molecule has 0 spiro atoms. The molecule has 3 heteroatoms. The summed E-state index contributed by atoms with van der Waals surface area (Å²) in [5, 5.41) is 11.9. The maximum Gasteiger partial charge on any atom is 0.0431 e. The number of aliphatic hydroxyl groups excluding tert-OH is 1. The minimum absolute atomic E-state index is 0.313. The molecule has 2 N–H and O–H groups in total. The molecule has 0 aliphatic rings. The second kappa shape index (κ2) is 8.48. The van der Waals surface area contributed by atoms with Gasteiger partial charge in [0, 0.05) is 25.7 Å². The Balaban J connectivity index is 3.07. The Labute approximate surface area is 82.1 Å². The van der Waals surface area contributed by atoms with Crippen molar-refractivity contribution in [3.63, 3.8) is 0 Å². The van der Waals surface area contributed by atoms with E-state index in [1.165, 1.54) is 0 Å². The summed E-state index contributed by atoms with van der Waals surface area (Å²) in [6.07, 6.45) is 1.98. The average molecular weight is 188 g/mol. The van der Waals surface area contributed by atoms with Crippen molar-refractivity contribution in [2.75, 3.05) is 33.3 Å². The fraction of sp³-hybridized carbons (Fsp3) is 1.00. The van der Waals surface area contributed by atoms with Crippen molar-refractivity contribution < 1.29 is 5.11 Å². The molecule has 13 heavy (non-hydrogen) atoms. The number of nitrogens with zero attached hydrogens (tertiary/aromatic N) is 1. The first kappa shape index (κ1) is 12.9. The SMILES string of the molecule is CC(C)N(C)CCNCCCCO. The minimum atomic E-state index is 0.313. The molecule has 0 aromatic rings. The normalized spacial score (nSPS) is 11.5. The van der Waals surface area contributed by atoms with Crippen molar-refractivity contribution >= 4 is 0 Å². The lowest BCUT2D eigenvalue weighted by Crippen LogP contribution is -2.34. The van der Waals surface area contributed by atoms with Gasteiger partial charge in [0.25, 0.3) is 0 Å². The Morgan fingerprint density at radius 3 is 2.46 bits per heavy atom. The van der Waals surface area contributed by atoms with Crippen LogP contribution in [0.4, 0.5) is 0 Å². The Morgan fingerprint density at radius 1 is 1.23 bits per heavy atom. The molecule has 0 rings (SSSR count). The number of unbranched alkanes of at least 4 members (excludes halogenated alkanes) is 1. The van der Waals surface area contributed by atoms with Crippen LogP contribution >= 0.6 is 0 Å². The third-order valence-corrected chi connectivity index (χ3v) is 2.28. The van der Waals surface area contributed by atoms with Gasteiger partial charge in [-0.1, -0.05) is 0 Å². The maximum absolute atomic E-state index is 8.55. The first-order valence-electron chi connectivity index (χ1n) is 5.20. The van der Waals surface area contributed by atoms with E-state index in [1.54, 1.807) is 0 Å². The molecule has 0 saturated heterocycles. The van der Waals surface area contributed by atoms with Crippen LogP contribution in [0.1, 0.15) is 26.7 Å². The third-order valence-electron chi connectivity index (χ3n) is 2.28. The van der Waals surface area contributed by atoms with Gasteiger partial charge in [-0.2, -0.15) is 0 Å². The quantitative estimate of drug-likeness (QED) is 0.550. The Hall–Kier alpha value is -0.120. The molecule has 0 radical (unpaired) electrons. The predicted octanol–water partition coefficient (Wildman–Crippen LogP) is 0.689. The highest BCUT2D eigenvalue weighted by Gasteiger charge is 2.00. The van der Waals surface area contributed by atoms with E-state index in [0.29, 0.717) is 12.6 Å². The molecule has 0 fully saturated rings. The van der Waals surface area contributed by atoms with Crippen LogP contribution in [0.5, 0.6) is 0 Å². The van der Waals surface area contributed by atoms with E-state index in [9.17, 15) is 0 Å². The molecule has 0 aromatic carbocycles. The molecule has 0 bridgehead atoms. The third kappa shape index (κ3) is 8.22. The predicted molar refractivity (Wildman–Crippen MR) is 57.0 cm³/mol. The van der Waals surface area contributed by atoms with E-state index >= 15 is 0 Å². The van der Waals surface area contributed by atoms with Gasteiger partial charge in [-0.25, -0.2) is 0 Å². The van der Waals surface area contributed by atoms with Crippen LogP contribution in [0, 0.1) is 0 Å². The maximum atomic E-state index is 8.55.